The summed E-state index contributed by atoms with van der Waals surface area (Å²) in [7, 11) is 0. The number of hydrogen-bond acceptors (Lipinski definition) is 6. The fraction of sp³-hybridized carbons (Fsp3) is 0. The summed E-state index contributed by atoms with van der Waals surface area (Å²) in [6, 6.07) is 75.0. The van der Waals surface area contributed by atoms with Crippen molar-refractivity contribution in [1.29, 1.82) is 26.3 Å². The lowest BCUT2D eigenvalue weighted by atomic mass is 9.96. The fourth-order valence-corrected chi connectivity index (χ4v) is 10.4. The largest absolute Gasteiger partial charge is 0.309 e. The molecule has 0 saturated carbocycles. The van der Waals surface area contributed by atoms with E-state index in [0.29, 0.717) is 27.8 Å². The Morgan fingerprint density at radius 2 is 0.653 bits per heavy atom. The Hall–Kier alpha value is -10.8. The van der Waals surface area contributed by atoms with Crippen molar-refractivity contribution >= 4 is 43.6 Å². The van der Waals surface area contributed by atoms with Gasteiger partial charge in [-0.15, -0.1) is 0 Å². The van der Waals surface area contributed by atoms with Gasteiger partial charge in [-0.25, -0.2) is 0 Å². The maximum absolute atomic E-state index is 10.5. The molecule has 3 aromatic heterocycles. The summed E-state index contributed by atoms with van der Waals surface area (Å²) >= 11 is 0. The van der Waals surface area contributed by atoms with E-state index in [1.807, 2.05) is 152 Å². The van der Waals surface area contributed by atoms with E-state index in [1.165, 1.54) is 0 Å². The van der Waals surface area contributed by atoms with Crippen molar-refractivity contribution in [3.8, 4) is 97.4 Å². The molecule has 0 aliphatic heterocycles. The maximum Gasteiger partial charge on any atom is 0.0998 e. The van der Waals surface area contributed by atoms with Gasteiger partial charge >= 0.3 is 0 Å². The van der Waals surface area contributed by atoms with E-state index in [2.05, 4.69) is 88.0 Å². The van der Waals surface area contributed by atoms with Crippen molar-refractivity contribution in [2.45, 2.75) is 0 Å². The molecule has 8 heteroatoms. The van der Waals surface area contributed by atoms with Crippen molar-refractivity contribution in [3.63, 3.8) is 0 Å². The number of nitriles is 5. The maximum atomic E-state index is 10.5. The van der Waals surface area contributed by atoms with Crippen molar-refractivity contribution < 1.29 is 0 Å². The third-order valence-corrected chi connectivity index (χ3v) is 13.7. The molecule has 0 saturated heterocycles. The van der Waals surface area contributed by atoms with Crippen LogP contribution in [0.15, 0.2) is 207 Å². The van der Waals surface area contributed by atoms with Crippen LogP contribution in [0.3, 0.4) is 0 Å². The van der Waals surface area contributed by atoms with Gasteiger partial charge in [0.2, 0.25) is 0 Å². The SMILES string of the molecule is N#Cc1ccc(-c2ccncc2-n2c3ccc(-c4ccccc4C#N)cc3c3cc(-c4ccccc4C#N)ccc32)c(-n2c3ccc(-c4ccccc4C#N)cc3c3cc(-c4ccccc4C#N)ccc32)c1. The number of fused-ring (bicyclic) bond motifs is 6. The average molecular weight is 915 g/mol. The average Bonchev–Trinajstić information content (AvgIpc) is 3.96. The molecule has 0 aliphatic carbocycles. The van der Waals surface area contributed by atoms with Gasteiger partial charge < -0.3 is 9.13 Å². The van der Waals surface area contributed by atoms with Gasteiger partial charge in [-0.1, -0.05) is 103 Å². The molecule has 12 aromatic rings. The minimum Gasteiger partial charge on any atom is -0.309 e. The second-order valence-corrected chi connectivity index (χ2v) is 17.5. The molecule has 0 fully saturated rings. The van der Waals surface area contributed by atoms with Crippen LogP contribution in [0.5, 0.6) is 0 Å². The molecule has 330 valence electrons. The number of nitrogens with zero attached hydrogens (tertiary/aromatic N) is 8. The zero-order chi connectivity index (χ0) is 48.9. The predicted molar refractivity (Wildman–Crippen MR) is 284 cm³/mol. The smallest absolute Gasteiger partial charge is 0.0998 e. The Balaban J connectivity index is 1.13. The number of rotatable bonds is 7. The van der Waals surface area contributed by atoms with Gasteiger partial charge in [0, 0.05) is 38.9 Å². The lowest BCUT2D eigenvalue weighted by Crippen LogP contribution is -2.02. The van der Waals surface area contributed by atoms with Crippen molar-refractivity contribution in [3.05, 3.63) is 234 Å². The lowest BCUT2D eigenvalue weighted by Gasteiger charge is -2.18. The predicted octanol–water partition coefficient (Wildman–Crippen LogP) is 15.0. The van der Waals surface area contributed by atoms with Gasteiger partial charge in [0.05, 0.1) is 97.8 Å². The summed E-state index contributed by atoms with van der Waals surface area (Å²) in [5.74, 6) is 0. The summed E-state index contributed by atoms with van der Waals surface area (Å²) in [6.07, 6.45) is 3.66. The lowest BCUT2D eigenvalue weighted by molar-refractivity contribution is 1.13. The molecule has 0 bridgehead atoms. The molecule has 0 aliphatic rings. The van der Waals surface area contributed by atoms with Crippen LogP contribution in [0.4, 0.5) is 0 Å². The fourth-order valence-electron chi connectivity index (χ4n) is 10.4. The number of benzene rings is 9. The second kappa shape index (κ2) is 17.4. The summed E-state index contributed by atoms with van der Waals surface area (Å²) in [4.78, 5) is 4.75. The van der Waals surface area contributed by atoms with E-state index >= 15 is 0 Å². The van der Waals surface area contributed by atoms with Gasteiger partial charge in [-0.3, -0.25) is 4.98 Å². The molecule has 0 radical (unpaired) electrons. The quantitative estimate of drug-likeness (QED) is 0.156. The Kier molecular flexibility index (Phi) is 10.3. The highest BCUT2D eigenvalue weighted by Crippen LogP contribution is 2.44. The van der Waals surface area contributed by atoms with Gasteiger partial charge in [-0.05, 0) is 136 Å². The summed E-state index contributed by atoms with van der Waals surface area (Å²) in [6.45, 7) is 0. The minimum atomic E-state index is 0.478. The Bertz CT molecular complexity index is 4250. The van der Waals surface area contributed by atoms with Crippen molar-refractivity contribution in [2.75, 3.05) is 0 Å². The first-order valence-corrected chi connectivity index (χ1v) is 23.1. The number of pyridine rings is 1. The molecule has 3 heterocycles. The van der Waals surface area contributed by atoms with Crippen molar-refractivity contribution in [1.82, 2.24) is 14.1 Å². The Morgan fingerprint density at radius 1 is 0.306 bits per heavy atom. The van der Waals surface area contributed by atoms with E-state index in [0.717, 1.165) is 111 Å². The van der Waals surface area contributed by atoms with E-state index < -0.39 is 0 Å². The van der Waals surface area contributed by atoms with Crippen LogP contribution >= 0.6 is 0 Å². The highest BCUT2D eigenvalue weighted by atomic mass is 15.0. The first-order valence-electron chi connectivity index (χ1n) is 23.1. The molecule has 72 heavy (non-hydrogen) atoms. The highest BCUT2D eigenvalue weighted by molar-refractivity contribution is 6.14. The van der Waals surface area contributed by atoms with E-state index in [-0.39, 0.29) is 0 Å². The molecule has 0 unspecified atom stereocenters. The molecule has 0 amide bonds. The van der Waals surface area contributed by atoms with Crippen LogP contribution in [-0.2, 0) is 0 Å². The van der Waals surface area contributed by atoms with Crippen LogP contribution < -0.4 is 0 Å². The van der Waals surface area contributed by atoms with E-state index in [4.69, 9.17) is 4.98 Å². The topological polar surface area (TPSA) is 142 Å². The monoisotopic (exact) mass is 914 g/mol. The first-order chi connectivity index (χ1) is 35.5. The normalized spacial score (nSPS) is 11.0. The van der Waals surface area contributed by atoms with E-state index in [9.17, 15) is 26.3 Å². The van der Waals surface area contributed by atoms with Gasteiger partial charge in [-0.2, -0.15) is 26.3 Å². The molecule has 8 nitrogen and oxygen atoms in total. The highest BCUT2D eigenvalue weighted by Gasteiger charge is 2.23. The first kappa shape index (κ1) is 42.5. The van der Waals surface area contributed by atoms with Crippen LogP contribution in [-0.4, -0.2) is 14.1 Å². The number of aromatic nitrogens is 3. The van der Waals surface area contributed by atoms with Gasteiger partial charge in [0.25, 0.3) is 0 Å². The molecular formula is C64H34N8. The van der Waals surface area contributed by atoms with Crippen LogP contribution in [0.2, 0.25) is 0 Å². The van der Waals surface area contributed by atoms with Crippen LogP contribution in [0, 0.1) is 56.7 Å². The summed E-state index contributed by atoms with van der Waals surface area (Å²) in [5, 5.41) is 54.9. The Labute approximate surface area is 413 Å². The van der Waals surface area contributed by atoms with Crippen molar-refractivity contribution in [2.24, 2.45) is 0 Å². The number of hydrogen-bond donors (Lipinski definition) is 0. The van der Waals surface area contributed by atoms with Gasteiger partial charge in [0.1, 0.15) is 0 Å². The molecule has 9 aromatic carbocycles. The molecule has 0 atom stereocenters. The summed E-state index contributed by atoms with van der Waals surface area (Å²) in [5.41, 5.74) is 16.4. The third kappa shape index (κ3) is 6.84. The molecule has 0 spiro atoms. The van der Waals surface area contributed by atoms with Crippen LogP contribution in [0.1, 0.15) is 27.8 Å². The van der Waals surface area contributed by atoms with E-state index in [1.54, 1.807) is 6.20 Å². The Morgan fingerprint density at radius 3 is 1.01 bits per heavy atom. The minimum absolute atomic E-state index is 0.478. The molecular weight excluding hydrogens is 881 g/mol. The second-order valence-electron chi connectivity index (χ2n) is 17.5. The standard InChI is InChI=1S/C64H34N8/c65-34-40-17-22-53(63(29-40)71-59-23-18-41(49-13-5-1-9-45(49)35-66)30-55(59)56-31-42(19-24-60(56)71)50-14-6-2-10-46(50)36-67)54-27-28-70-39-64(54)72-61-25-20-43(51-15-7-3-11-47(51)37-68)32-57(61)58-33-44(21-26-62(58)72)52-16-8-4-12-48(52)38-69/h1-33,39H. The summed E-state index contributed by atoms with van der Waals surface area (Å²) < 4.78 is 4.42. The third-order valence-electron chi connectivity index (χ3n) is 13.7. The molecule has 0 N–H and O–H groups in total. The van der Waals surface area contributed by atoms with Gasteiger partial charge in [0.15, 0.2) is 0 Å². The zero-order valence-corrected chi connectivity index (χ0v) is 38.2. The molecule has 12 rings (SSSR count). The van der Waals surface area contributed by atoms with Crippen LogP contribution in [0.25, 0.3) is 111 Å². The zero-order valence-electron chi connectivity index (χ0n) is 38.2.